The van der Waals surface area contributed by atoms with Crippen LogP contribution in [0.25, 0.3) is 0 Å². The maximum atomic E-state index is 11.0. The number of rotatable bonds is 3. The fraction of sp³-hybridized carbons (Fsp3) is 0.900. The molecule has 2 unspecified atom stereocenters. The zero-order chi connectivity index (χ0) is 10.6. The molecule has 0 saturated heterocycles. The summed E-state index contributed by atoms with van der Waals surface area (Å²) in [4.78, 5) is 11.0. The van der Waals surface area contributed by atoms with Crippen LogP contribution in [0, 0.1) is 5.92 Å². The Morgan fingerprint density at radius 1 is 1.50 bits per heavy atom. The molecule has 0 aromatic carbocycles. The molecule has 0 aromatic heterocycles. The quantitative estimate of drug-likeness (QED) is 0.723. The van der Waals surface area contributed by atoms with E-state index in [1.807, 2.05) is 0 Å². The number of aliphatic hydroxyl groups is 1. The Bertz CT molecular complexity index is 188. The highest BCUT2D eigenvalue weighted by atomic mass is 16.5. The first-order valence-corrected chi connectivity index (χ1v) is 5.17. The normalized spacial score (nSPS) is 21.6. The molecule has 0 aromatic rings. The number of carbonyl (C=O) groups is 1. The number of amides is 1. The fourth-order valence-corrected chi connectivity index (χ4v) is 2.14. The van der Waals surface area contributed by atoms with Gasteiger partial charge in [-0.3, -0.25) is 0 Å². The van der Waals surface area contributed by atoms with Gasteiger partial charge in [0.1, 0.15) is 0 Å². The first-order chi connectivity index (χ1) is 6.65. The van der Waals surface area contributed by atoms with Crippen LogP contribution >= 0.6 is 0 Å². The molecule has 4 nitrogen and oxygen atoms in total. The van der Waals surface area contributed by atoms with Crippen molar-refractivity contribution in [3.05, 3.63) is 0 Å². The van der Waals surface area contributed by atoms with Gasteiger partial charge in [0.15, 0.2) is 0 Å². The molecule has 1 aliphatic rings. The van der Waals surface area contributed by atoms with Gasteiger partial charge in [-0.15, -0.1) is 0 Å². The van der Waals surface area contributed by atoms with Crippen molar-refractivity contribution >= 4 is 6.09 Å². The first-order valence-electron chi connectivity index (χ1n) is 5.17. The van der Waals surface area contributed by atoms with E-state index in [0.717, 1.165) is 12.8 Å². The van der Waals surface area contributed by atoms with E-state index in [4.69, 9.17) is 0 Å². The Hall–Kier alpha value is -0.770. The lowest BCUT2D eigenvalue weighted by Crippen LogP contribution is -2.46. The molecule has 0 heterocycles. The number of alkyl carbamates (subject to hydrolysis) is 1. The smallest absolute Gasteiger partial charge is 0.407 e. The molecular formula is C10H19NO3. The third kappa shape index (κ3) is 2.87. The predicted molar refractivity (Wildman–Crippen MR) is 53.0 cm³/mol. The second-order valence-electron chi connectivity index (χ2n) is 3.95. The van der Waals surface area contributed by atoms with Gasteiger partial charge < -0.3 is 15.2 Å². The van der Waals surface area contributed by atoms with Gasteiger partial charge in [0.2, 0.25) is 0 Å². The van der Waals surface area contributed by atoms with Crippen LogP contribution in [0.5, 0.6) is 0 Å². The monoisotopic (exact) mass is 201 g/mol. The van der Waals surface area contributed by atoms with Crippen LogP contribution in [0.1, 0.15) is 32.6 Å². The highest BCUT2D eigenvalue weighted by Gasteiger charge is 2.29. The van der Waals surface area contributed by atoms with Crippen molar-refractivity contribution in [2.45, 2.75) is 44.8 Å². The Kier molecular flexibility index (Phi) is 4.20. The number of hydrogen-bond donors (Lipinski definition) is 2. The van der Waals surface area contributed by atoms with E-state index < -0.39 is 12.2 Å². The minimum Gasteiger partial charge on any atom is -0.453 e. The summed E-state index contributed by atoms with van der Waals surface area (Å²) in [5, 5.41) is 12.2. The molecule has 1 amide bonds. The van der Waals surface area contributed by atoms with E-state index in [9.17, 15) is 9.90 Å². The third-order valence-electron chi connectivity index (χ3n) is 2.90. The summed E-state index contributed by atoms with van der Waals surface area (Å²) < 4.78 is 4.53. The second-order valence-corrected chi connectivity index (χ2v) is 3.95. The molecular weight excluding hydrogens is 182 g/mol. The summed E-state index contributed by atoms with van der Waals surface area (Å²) in [6.45, 7) is 1.71. The predicted octanol–water partition coefficient (Wildman–Crippen LogP) is 1.28. The molecule has 4 heteroatoms. The lowest BCUT2D eigenvalue weighted by atomic mass is 9.94. The summed E-state index contributed by atoms with van der Waals surface area (Å²) in [6, 6.07) is -0.162. The highest BCUT2D eigenvalue weighted by Crippen LogP contribution is 2.29. The molecule has 82 valence electrons. The van der Waals surface area contributed by atoms with Crippen molar-refractivity contribution in [1.82, 2.24) is 5.32 Å². The first kappa shape index (κ1) is 11.3. The van der Waals surface area contributed by atoms with E-state index in [-0.39, 0.29) is 6.04 Å². The van der Waals surface area contributed by atoms with Crippen LogP contribution in [-0.2, 0) is 4.74 Å². The number of methoxy groups -OCH3 is 1. The zero-order valence-corrected chi connectivity index (χ0v) is 8.82. The Balaban J connectivity index is 2.49. The van der Waals surface area contributed by atoms with Crippen molar-refractivity contribution in [2.24, 2.45) is 5.92 Å². The molecule has 1 saturated carbocycles. The highest BCUT2D eigenvalue weighted by molar-refractivity contribution is 5.67. The van der Waals surface area contributed by atoms with Gasteiger partial charge in [-0.1, -0.05) is 12.8 Å². The third-order valence-corrected chi connectivity index (χ3v) is 2.90. The lowest BCUT2D eigenvalue weighted by Gasteiger charge is -2.26. The molecule has 0 bridgehead atoms. The van der Waals surface area contributed by atoms with Gasteiger partial charge >= 0.3 is 6.09 Å². The van der Waals surface area contributed by atoms with E-state index in [2.05, 4.69) is 10.1 Å². The largest absolute Gasteiger partial charge is 0.453 e. The number of carbonyl (C=O) groups excluding carboxylic acids is 1. The molecule has 0 aliphatic heterocycles. The minimum absolute atomic E-state index is 0.162. The number of ether oxygens (including phenoxy) is 1. The molecule has 1 rings (SSSR count). The maximum absolute atomic E-state index is 11.0. The molecule has 0 radical (unpaired) electrons. The maximum Gasteiger partial charge on any atom is 0.407 e. The van der Waals surface area contributed by atoms with Crippen molar-refractivity contribution in [2.75, 3.05) is 7.11 Å². The summed E-state index contributed by atoms with van der Waals surface area (Å²) in [5.41, 5.74) is 0. The molecule has 1 aliphatic carbocycles. The van der Waals surface area contributed by atoms with Gasteiger partial charge in [0, 0.05) is 0 Å². The Labute approximate surface area is 84.6 Å². The van der Waals surface area contributed by atoms with E-state index in [1.54, 1.807) is 6.92 Å². The van der Waals surface area contributed by atoms with E-state index in [0.29, 0.717) is 5.92 Å². The van der Waals surface area contributed by atoms with Crippen LogP contribution in [-0.4, -0.2) is 30.5 Å². The molecule has 0 spiro atoms. The summed E-state index contributed by atoms with van der Waals surface area (Å²) >= 11 is 0. The van der Waals surface area contributed by atoms with Crippen LogP contribution in [0.4, 0.5) is 4.79 Å². The van der Waals surface area contributed by atoms with E-state index >= 15 is 0 Å². The summed E-state index contributed by atoms with van der Waals surface area (Å²) in [6.07, 6.45) is 3.58. The average molecular weight is 201 g/mol. The Morgan fingerprint density at radius 2 is 2.07 bits per heavy atom. The van der Waals surface area contributed by atoms with Crippen molar-refractivity contribution in [3.8, 4) is 0 Å². The van der Waals surface area contributed by atoms with Gasteiger partial charge in [-0.05, 0) is 25.7 Å². The number of aliphatic hydroxyl groups excluding tert-OH is 1. The molecule has 2 atom stereocenters. The van der Waals surface area contributed by atoms with Gasteiger partial charge in [-0.25, -0.2) is 4.79 Å². The molecule has 2 N–H and O–H groups in total. The van der Waals surface area contributed by atoms with Crippen molar-refractivity contribution in [1.29, 1.82) is 0 Å². The SMILES string of the molecule is COC(=O)NC(C(C)O)C1CCCC1. The topological polar surface area (TPSA) is 58.6 Å². The zero-order valence-electron chi connectivity index (χ0n) is 8.82. The van der Waals surface area contributed by atoms with Crippen LogP contribution < -0.4 is 5.32 Å². The number of hydrogen-bond acceptors (Lipinski definition) is 3. The summed E-state index contributed by atoms with van der Waals surface area (Å²) in [5.74, 6) is 0.397. The Morgan fingerprint density at radius 3 is 2.50 bits per heavy atom. The standard InChI is InChI=1S/C10H19NO3/c1-7(12)9(11-10(13)14-2)8-5-3-4-6-8/h7-9,12H,3-6H2,1-2H3,(H,11,13). The van der Waals surface area contributed by atoms with Crippen molar-refractivity contribution in [3.63, 3.8) is 0 Å². The van der Waals surface area contributed by atoms with Crippen LogP contribution in [0.15, 0.2) is 0 Å². The van der Waals surface area contributed by atoms with Gasteiger partial charge in [0.25, 0.3) is 0 Å². The fourth-order valence-electron chi connectivity index (χ4n) is 2.14. The van der Waals surface area contributed by atoms with Crippen LogP contribution in [0.3, 0.4) is 0 Å². The van der Waals surface area contributed by atoms with E-state index in [1.165, 1.54) is 20.0 Å². The number of nitrogens with one attached hydrogen (secondary N) is 1. The van der Waals surface area contributed by atoms with Crippen molar-refractivity contribution < 1.29 is 14.6 Å². The second kappa shape index (κ2) is 5.20. The van der Waals surface area contributed by atoms with Gasteiger partial charge in [-0.2, -0.15) is 0 Å². The molecule has 1 fully saturated rings. The van der Waals surface area contributed by atoms with Gasteiger partial charge in [0.05, 0.1) is 19.3 Å². The molecule has 14 heavy (non-hydrogen) atoms. The summed E-state index contributed by atoms with van der Waals surface area (Å²) in [7, 11) is 1.34. The van der Waals surface area contributed by atoms with Crippen LogP contribution in [0.2, 0.25) is 0 Å². The lowest BCUT2D eigenvalue weighted by molar-refractivity contribution is 0.101. The minimum atomic E-state index is -0.516. The average Bonchev–Trinajstić information content (AvgIpc) is 2.65.